The minimum absolute atomic E-state index is 0.109. The fraction of sp³-hybridized carbons (Fsp3) is 0.240. The quantitative estimate of drug-likeness (QED) is 0.521. The number of aryl methyl sites for hydroxylation is 3. The van der Waals surface area contributed by atoms with E-state index in [9.17, 15) is 13.2 Å². The van der Waals surface area contributed by atoms with Crippen LogP contribution >= 0.6 is 0 Å². The summed E-state index contributed by atoms with van der Waals surface area (Å²) in [6, 6.07) is 17.3. The Balaban J connectivity index is 1.68. The number of ether oxygens (including phenoxy) is 1. The highest BCUT2D eigenvalue weighted by Gasteiger charge is 2.19. The molecule has 1 atom stereocenters. The van der Waals surface area contributed by atoms with E-state index in [-0.39, 0.29) is 10.8 Å². The van der Waals surface area contributed by atoms with Crippen molar-refractivity contribution in [2.75, 3.05) is 10.0 Å². The third-order valence-electron chi connectivity index (χ3n) is 5.38. The van der Waals surface area contributed by atoms with Gasteiger partial charge in [0.1, 0.15) is 5.75 Å². The molecule has 0 aromatic heterocycles. The maximum Gasteiger partial charge on any atom is 0.265 e. The number of carbonyl (C=O) groups is 1. The Kier molecular flexibility index (Phi) is 6.89. The van der Waals surface area contributed by atoms with Crippen LogP contribution in [0.25, 0.3) is 0 Å². The lowest BCUT2D eigenvalue weighted by molar-refractivity contribution is -0.122. The summed E-state index contributed by atoms with van der Waals surface area (Å²) in [4.78, 5) is 12.7. The molecule has 2 N–H and O–H groups in total. The van der Waals surface area contributed by atoms with Gasteiger partial charge in [0.2, 0.25) is 0 Å². The average Bonchev–Trinajstić information content (AvgIpc) is 2.74. The highest BCUT2D eigenvalue weighted by molar-refractivity contribution is 7.92. The molecule has 32 heavy (non-hydrogen) atoms. The van der Waals surface area contributed by atoms with E-state index in [4.69, 9.17) is 4.74 Å². The Labute approximate surface area is 189 Å². The summed E-state index contributed by atoms with van der Waals surface area (Å²) in [5.74, 6) is 0.335. The summed E-state index contributed by atoms with van der Waals surface area (Å²) in [5, 5.41) is 2.76. The second-order valence-corrected chi connectivity index (χ2v) is 9.53. The first-order valence-electron chi connectivity index (χ1n) is 10.3. The normalized spacial score (nSPS) is 12.2. The number of hydrogen-bond acceptors (Lipinski definition) is 4. The third kappa shape index (κ3) is 5.29. The summed E-state index contributed by atoms with van der Waals surface area (Å²) < 4.78 is 34.0. The van der Waals surface area contributed by atoms with Crippen molar-refractivity contribution in [2.45, 2.75) is 45.6 Å². The molecule has 168 valence electrons. The Morgan fingerprint density at radius 2 is 1.41 bits per heavy atom. The molecular weight excluding hydrogens is 424 g/mol. The topological polar surface area (TPSA) is 84.5 Å². The largest absolute Gasteiger partial charge is 0.481 e. The van der Waals surface area contributed by atoms with Gasteiger partial charge in [-0.3, -0.25) is 9.52 Å². The highest BCUT2D eigenvalue weighted by Crippen LogP contribution is 2.25. The minimum atomic E-state index is -3.76. The van der Waals surface area contributed by atoms with Crippen molar-refractivity contribution in [1.82, 2.24) is 0 Å². The molecule has 0 saturated heterocycles. The SMILES string of the molecule is Cc1cccc(OC(C)C(=O)Nc2ccc(S(=O)(=O)Nc3c(C)cccc3C)cc2)c1C. The van der Waals surface area contributed by atoms with Crippen LogP contribution in [0.1, 0.15) is 29.2 Å². The zero-order valence-corrected chi connectivity index (χ0v) is 19.7. The van der Waals surface area contributed by atoms with Crippen molar-refractivity contribution in [2.24, 2.45) is 0 Å². The molecule has 0 aliphatic carbocycles. The van der Waals surface area contributed by atoms with E-state index in [0.717, 1.165) is 22.3 Å². The number of carbonyl (C=O) groups excluding carboxylic acids is 1. The molecule has 1 unspecified atom stereocenters. The van der Waals surface area contributed by atoms with Gasteiger partial charge in [0.25, 0.3) is 15.9 Å². The lowest BCUT2D eigenvalue weighted by atomic mass is 10.1. The monoisotopic (exact) mass is 452 g/mol. The number of hydrogen-bond donors (Lipinski definition) is 2. The van der Waals surface area contributed by atoms with Gasteiger partial charge in [-0.15, -0.1) is 0 Å². The van der Waals surface area contributed by atoms with Crippen LogP contribution in [-0.4, -0.2) is 20.4 Å². The van der Waals surface area contributed by atoms with E-state index in [1.165, 1.54) is 12.1 Å². The van der Waals surface area contributed by atoms with E-state index in [1.54, 1.807) is 19.1 Å². The number of anilines is 2. The van der Waals surface area contributed by atoms with Crippen molar-refractivity contribution < 1.29 is 17.9 Å². The van der Waals surface area contributed by atoms with Crippen LogP contribution in [0.4, 0.5) is 11.4 Å². The van der Waals surface area contributed by atoms with E-state index in [2.05, 4.69) is 10.0 Å². The predicted octanol–water partition coefficient (Wildman–Crippen LogP) is 5.13. The zero-order valence-electron chi connectivity index (χ0n) is 18.9. The number of rotatable bonds is 7. The van der Waals surface area contributed by atoms with Gasteiger partial charge in [0.05, 0.1) is 10.6 Å². The molecule has 0 bridgehead atoms. The van der Waals surface area contributed by atoms with Crippen molar-refractivity contribution in [3.8, 4) is 5.75 Å². The van der Waals surface area contributed by atoms with Crippen molar-refractivity contribution >= 4 is 27.3 Å². The summed E-state index contributed by atoms with van der Waals surface area (Å²) in [5.41, 5.74) is 4.81. The Bertz CT molecular complexity index is 1220. The Hall–Kier alpha value is -3.32. The molecule has 0 spiro atoms. The molecule has 3 aromatic rings. The molecular formula is C25H28N2O4S. The lowest BCUT2D eigenvalue weighted by Gasteiger charge is -2.17. The molecule has 0 heterocycles. The average molecular weight is 453 g/mol. The lowest BCUT2D eigenvalue weighted by Crippen LogP contribution is -2.30. The second-order valence-electron chi connectivity index (χ2n) is 7.84. The van der Waals surface area contributed by atoms with Crippen molar-refractivity contribution in [1.29, 1.82) is 0 Å². The van der Waals surface area contributed by atoms with Crippen LogP contribution in [0.3, 0.4) is 0 Å². The van der Waals surface area contributed by atoms with Gasteiger partial charge in [-0.05, 0) is 87.2 Å². The van der Waals surface area contributed by atoms with Crippen LogP contribution in [0.15, 0.2) is 65.6 Å². The molecule has 3 aromatic carbocycles. The predicted molar refractivity (Wildman–Crippen MR) is 128 cm³/mol. The molecule has 0 aliphatic heterocycles. The first-order chi connectivity index (χ1) is 15.1. The van der Waals surface area contributed by atoms with Crippen LogP contribution in [0.5, 0.6) is 5.75 Å². The fourth-order valence-corrected chi connectivity index (χ4v) is 4.43. The van der Waals surface area contributed by atoms with Crippen molar-refractivity contribution in [3.63, 3.8) is 0 Å². The van der Waals surface area contributed by atoms with Crippen LogP contribution < -0.4 is 14.8 Å². The second kappa shape index (κ2) is 9.44. The zero-order chi connectivity index (χ0) is 23.5. The van der Waals surface area contributed by atoms with Gasteiger partial charge in [-0.2, -0.15) is 0 Å². The van der Waals surface area contributed by atoms with E-state index < -0.39 is 16.1 Å². The number of nitrogens with one attached hydrogen (secondary N) is 2. The molecule has 0 aliphatic rings. The van der Waals surface area contributed by atoms with Gasteiger partial charge in [-0.25, -0.2) is 8.42 Å². The molecule has 0 saturated carbocycles. The first kappa shape index (κ1) is 23.3. The maximum atomic E-state index is 12.8. The summed E-state index contributed by atoms with van der Waals surface area (Å²) in [7, 11) is -3.76. The highest BCUT2D eigenvalue weighted by atomic mass is 32.2. The fourth-order valence-electron chi connectivity index (χ4n) is 3.23. The van der Waals surface area contributed by atoms with Gasteiger partial charge in [0, 0.05) is 5.69 Å². The first-order valence-corrected chi connectivity index (χ1v) is 11.8. The standard InChI is InChI=1S/C25H28N2O4S/c1-16-8-7-11-23(19(16)4)31-20(5)25(28)26-21-12-14-22(15-13-21)32(29,30)27-24-17(2)9-6-10-18(24)3/h6-15,20,27H,1-5H3,(H,26,28). The molecule has 0 fully saturated rings. The summed E-state index contributed by atoms with van der Waals surface area (Å²) in [6.07, 6.45) is -0.718. The van der Waals surface area contributed by atoms with Crippen LogP contribution in [0.2, 0.25) is 0 Å². The van der Waals surface area contributed by atoms with E-state index in [0.29, 0.717) is 17.1 Å². The number of sulfonamides is 1. The molecule has 1 amide bonds. The molecule has 6 nitrogen and oxygen atoms in total. The van der Waals surface area contributed by atoms with Crippen LogP contribution in [0, 0.1) is 27.7 Å². The summed E-state index contributed by atoms with van der Waals surface area (Å²) in [6.45, 7) is 9.30. The number of para-hydroxylation sites is 1. The van der Waals surface area contributed by atoms with Gasteiger partial charge in [0.15, 0.2) is 6.10 Å². The van der Waals surface area contributed by atoms with Gasteiger partial charge >= 0.3 is 0 Å². The van der Waals surface area contributed by atoms with Crippen molar-refractivity contribution in [3.05, 3.63) is 82.9 Å². The van der Waals surface area contributed by atoms with Crippen LogP contribution in [-0.2, 0) is 14.8 Å². The molecule has 3 rings (SSSR count). The Morgan fingerprint density at radius 3 is 2.03 bits per heavy atom. The third-order valence-corrected chi connectivity index (χ3v) is 6.74. The van der Waals surface area contributed by atoms with E-state index >= 15 is 0 Å². The number of amides is 1. The molecule has 0 radical (unpaired) electrons. The molecule has 7 heteroatoms. The summed E-state index contributed by atoms with van der Waals surface area (Å²) >= 11 is 0. The Morgan fingerprint density at radius 1 is 0.844 bits per heavy atom. The smallest absolute Gasteiger partial charge is 0.265 e. The minimum Gasteiger partial charge on any atom is -0.481 e. The van der Waals surface area contributed by atoms with Gasteiger partial charge < -0.3 is 10.1 Å². The maximum absolute atomic E-state index is 12.8. The van der Waals surface area contributed by atoms with E-state index in [1.807, 2.05) is 64.1 Å². The van der Waals surface area contributed by atoms with Gasteiger partial charge in [-0.1, -0.05) is 30.3 Å². The number of benzene rings is 3.